The third-order valence-corrected chi connectivity index (χ3v) is 13.1. The fourth-order valence-corrected chi connectivity index (χ4v) is 9.97. The second-order valence-electron chi connectivity index (χ2n) is 16.9. The summed E-state index contributed by atoms with van der Waals surface area (Å²) >= 11 is 0. The van der Waals surface area contributed by atoms with Gasteiger partial charge in [0.15, 0.2) is 0 Å². The third kappa shape index (κ3) is 6.28. The lowest BCUT2D eigenvalue weighted by molar-refractivity contribution is 0.669. The molecule has 0 aliphatic rings. The maximum absolute atomic E-state index is 6.45. The molecular weight excluding hydrogens is 789 g/mol. The highest BCUT2D eigenvalue weighted by atomic mass is 16.3. The van der Waals surface area contributed by atoms with E-state index in [-0.39, 0.29) is 0 Å². The van der Waals surface area contributed by atoms with Gasteiger partial charge < -0.3 is 13.9 Å². The van der Waals surface area contributed by atoms with E-state index in [4.69, 9.17) is 4.42 Å². The van der Waals surface area contributed by atoms with Gasteiger partial charge in [0.1, 0.15) is 11.2 Å². The predicted octanol–water partition coefficient (Wildman–Crippen LogP) is 17.5. The summed E-state index contributed by atoms with van der Waals surface area (Å²) < 4.78 is 8.82. The van der Waals surface area contributed by atoms with E-state index in [1.54, 1.807) is 0 Å². The summed E-state index contributed by atoms with van der Waals surface area (Å²) in [4.78, 5) is 2.39. The number of fused-ring (bicyclic) bond motifs is 8. The molecule has 0 fully saturated rings. The van der Waals surface area contributed by atoms with Crippen molar-refractivity contribution >= 4 is 82.4 Å². The molecule has 3 nitrogen and oxygen atoms in total. The molecule has 0 amide bonds. The summed E-state index contributed by atoms with van der Waals surface area (Å²) in [5.41, 5.74) is 15.5. The van der Waals surface area contributed by atoms with Crippen molar-refractivity contribution < 1.29 is 4.42 Å². The molecule has 0 bridgehead atoms. The van der Waals surface area contributed by atoms with E-state index in [2.05, 4.69) is 252 Å². The average Bonchev–Trinajstić information content (AvgIpc) is 3.91. The zero-order chi connectivity index (χ0) is 42.8. The topological polar surface area (TPSA) is 21.3 Å². The van der Waals surface area contributed by atoms with Crippen LogP contribution in [0.2, 0.25) is 0 Å². The first-order chi connectivity index (χ1) is 32.2. The average molecular weight is 829 g/mol. The van der Waals surface area contributed by atoms with E-state index in [1.165, 1.54) is 60.0 Å². The molecule has 0 unspecified atom stereocenters. The Morgan fingerprint density at radius 3 is 1.58 bits per heavy atom. The molecule has 0 spiro atoms. The smallest absolute Gasteiger partial charge is 0.136 e. The SMILES string of the molecule is c1cc(-c2ccc(N(c3ccc(-n4c5ccccc5c5ccccc54)cc3)c3ccccc3-c3ccc4oc5cc6ccccc6cc5c4c3)cc2)cc(-c2ccc3ccccc3c2)c1. The number of nitrogens with zero attached hydrogens (tertiary/aromatic N) is 2. The number of hydrogen-bond donors (Lipinski definition) is 0. The lowest BCUT2D eigenvalue weighted by Crippen LogP contribution is -2.11. The van der Waals surface area contributed by atoms with E-state index in [1.807, 2.05) is 0 Å². The van der Waals surface area contributed by atoms with Gasteiger partial charge in [0.25, 0.3) is 0 Å². The van der Waals surface area contributed by atoms with Crippen molar-refractivity contribution in [2.75, 3.05) is 4.90 Å². The molecule has 0 aliphatic heterocycles. The van der Waals surface area contributed by atoms with E-state index in [0.29, 0.717) is 0 Å². The molecule has 0 saturated carbocycles. The van der Waals surface area contributed by atoms with E-state index < -0.39 is 0 Å². The van der Waals surface area contributed by atoms with Crippen molar-refractivity contribution in [2.45, 2.75) is 0 Å². The Morgan fingerprint density at radius 1 is 0.308 bits per heavy atom. The highest BCUT2D eigenvalue weighted by molar-refractivity contribution is 6.12. The molecule has 2 heterocycles. The first-order valence-corrected chi connectivity index (χ1v) is 22.2. The molecule has 11 aromatic carbocycles. The Hall–Kier alpha value is -8.66. The quantitative estimate of drug-likeness (QED) is 0.160. The van der Waals surface area contributed by atoms with Crippen molar-refractivity contribution in [1.29, 1.82) is 0 Å². The maximum atomic E-state index is 6.45. The summed E-state index contributed by atoms with van der Waals surface area (Å²) in [7, 11) is 0. The van der Waals surface area contributed by atoms with Gasteiger partial charge >= 0.3 is 0 Å². The van der Waals surface area contributed by atoms with E-state index in [9.17, 15) is 0 Å². The van der Waals surface area contributed by atoms with Crippen LogP contribution in [0.1, 0.15) is 0 Å². The Bertz CT molecular complexity index is 3900. The van der Waals surface area contributed by atoms with Gasteiger partial charge in [-0.3, -0.25) is 0 Å². The van der Waals surface area contributed by atoms with Gasteiger partial charge in [0, 0.05) is 44.2 Å². The first kappa shape index (κ1) is 36.9. The van der Waals surface area contributed by atoms with Gasteiger partial charge in [-0.1, -0.05) is 152 Å². The van der Waals surface area contributed by atoms with Crippen molar-refractivity contribution in [3.8, 4) is 39.1 Å². The summed E-state index contributed by atoms with van der Waals surface area (Å²) in [6.45, 7) is 0. The fourth-order valence-electron chi connectivity index (χ4n) is 9.97. The van der Waals surface area contributed by atoms with Crippen molar-refractivity contribution in [3.63, 3.8) is 0 Å². The second-order valence-corrected chi connectivity index (χ2v) is 16.9. The van der Waals surface area contributed by atoms with E-state index >= 15 is 0 Å². The van der Waals surface area contributed by atoms with Crippen LogP contribution in [0.5, 0.6) is 0 Å². The molecule has 0 saturated heterocycles. The Labute approximate surface area is 376 Å². The lowest BCUT2D eigenvalue weighted by atomic mass is 9.97. The summed E-state index contributed by atoms with van der Waals surface area (Å²) in [5, 5.41) is 9.60. The Kier molecular flexibility index (Phi) is 8.53. The van der Waals surface area contributed by atoms with Crippen LogP contribution in [0.3, 0.4) is 0 Å². The van der Waals surface area contributed by atoms with Crippen LogP contribution in [0.25, 0.3) is 104 Å². The largest absolute Gasteiger partial charge is 0.456 e. The number of anilines is 3. The Morgan fingerprint density at radius 2 is 0.846 bits per heavy atom. The van der Waals surface area contributed by atoms with Crippen LogP contribution < -0.4 is 4.90 Å². The van der Waals surface area contributed by atoms with Crippen LogP contribution in [0.15, 0.2) is 247 Å². The molecule has 65 heavy (non-hydrogen) atoms. The molecular formula is C62H40N2O. The van der Waals surface area contributed by atoms with Gasteiger partial charge in [0.05, 0.1) is 16.7 Å². The van der Waals surface area contributed by atoms with Gasteiger partial charge in [-0.25, -0.2) is 0 Å². The molecule has 3 heteroatoms. The minimum atomic E-state index is 0.884. The van der Waals surface area contributed by atoms with Gasteiger partial charge in [-0.2, -0.15) is 0 Å². The number of furan rings is 1. The first-order valence-electron chi connectivity index (χ1n) is 22.2. The predicted molar refractivity (Wildman–Crippen MR) is 274 cm³/mol. The van der Waals surface area contributed by atoms with Gasteiger partial charge in [0.2, 0.25) is 0 Å². The molecule has 0 radical (unpaired) electrons. The van der Waals surface area contributed by atoms with Crippen LogP contribution in [-0.4, -0.2) is 4.57 Å². The summed E-state index contributed by atoms with van der Waals surface area (Å²) in [5.74, 6) is 0. The molecule has 0 aliphatic carbocycles. The van der Waals surface area contributed by atoms with Crippen LogP contribution in [-0.2, 0) is 0 Å². The van der Waals surface area contributed by atoms with Crippen LogP contribution >= 0.6 is 0 Å². The minimum Gasteiger partial charge on any atom is -0.456 e. The van der Waals surface area contributed by atoms with Gasteiger partial charge in [-0.15, -0.1) is 0 Å². The lowest BCUT2D eigenvalue weighted by Gasteiger charge is -2.28. The zero-order valence-electron chi connectivity index (χ0n) is 35.4. The van der Waals surface area contributed by atoms with Crippen molar-refractivity contribution in [2.24, 2.45) is 0 Å². The number of hydrogen-bond acceptors (Lipinski definition) is 2. The Balaban J connectivity index is 0.936. The van der Waals surface area contributed by atoms with Crippen LogP contribution in [0, 0.1) is 0 Å². The molecule has 13 rings (SSSR count). The number of para-hydroxylation sites is 3. The van der Waals surface area contributed by atoms with Crippen LogP contribution in [0.4, 0.5) is 17.1 Å². The van der Waals surface area contributed by atoms with Crippen molar-refractivity contribution in [3.05, 3.63) is 243 Å². The highest BCUT2D eigenvalue weighted by Gasteiger charge is 2.20. The molecule has 0 atom stereocenters. The monoisotopic (exact) mass is 828 g/mol. The standard InChI is InChI=1S/C62H40N2O/c1-2-13-43-37-48(25-24-41(43)12-1)45-17-11-16-44(36-45)42-26-29-50(30-27-42)63(51-31-33-52(34-32-51)64-59-22-9-6-19-54(59)55-20-7-10-23-60(55)64)58-21-8-5-18-53(58)49-28-35-61-56(39-49)57-38-46-14-3-4-15-47(46)40-62(57)65-61/h1-40H. The molecule has 0 N–H and O–H groups in total. The molecule has 2 aromatic heterocycles. The van der Waals surface area contributed by atoms with Crippen molar-refractivity contribution in [1.82, 2.24) is 4.57 Å². The molecule has 304 valence electrons. The fraction of sp³-hybridized carbons (Fsp3) is 0. The third-order valence-electron chi connectivity index (χ3n) is 13.1. The second kappa shape index (κ2) is 15.0. The normalized spacial score (nSPS) is 11.7. The number of aromatic nitrogens is 1. The number of rotatable bonds is 7. The highest BCUT2D eigenvalue weighted by Crippen LogP contribution is 2.44. The minimum absolute atomic E-state index is 0.884. The summed E-state index contributed by atoms with van der Waals surface area (Å²) in [6, 6.07) is 87.8. The zero-order valence-corrected chi connectivity index (χ0v) is 35.4. The van der Waals surface area contributed by atoms with Gasteiger partial charge in [-0.05, 0) is 140 Å². The molecule has 13 aromatic rings. The summed E-state index contributed by atoms with van der Waals surface area (Å²) in [6.07, 6.45) is 0. The number of benzene rings is 11. The maximum Gasteiger partial charge on any atom is 0.136 e. The van der Waals surface area contributed by atoms with E-state index in [0.717, 1.165) is 61.4 Å².